The van der Waals surface area contributed by atoms with Gasteiger partial charge in [-0.2, -0.15) is 32.0 Å². The Morgan fingerprint density at radius 3 is 1.16 bits per heavy atom. The van der Waals surface area contributed by atoms with Gasteiger partial charge in [0.1, 0.15) is 79.7 Å². The van der Waals surface area contributed by atoms with Gasteiger partial charge in [-0.15, -0.1) is 0 Å². The minimum Gasteiger partial charge on any atom is -0.329 e. The van der Waals surface area contributed by atoms with Crippen LogP contribution in [0.15, 0.2) is 231 Å². The Labute approximate surface area is 579 Å². The predicted octanol–water partition coefficient (Wildman–Crippen LogP) is 11.1. The van der Waals surface area contributed by atoms with Crippen molar-refractivity contribution >= 4 is 97.2 Å². The summed E-state index contributed by atoms with van der Waals surface area (Å²) in [4.78, 5) is 13.8. The lowest BCUT2D eigenvalue weighted by atomic mass is 10.2. The summed E-state index contributed by atoms with van der Waals surface area (Å²) >= 11 is 7.29. The third-order valence-corrected chi connectivity index (χ3v) is 23.3. The molecule has 480 valence electrons. The minimum atomic E-state index is 0.970. The van der Waals surface area contributed by atoms with E-state index in [0.717, 1.165) is 57.1 Å². The number of hydrogen-bond donors (Lipinski definition) is 0. The molecule has 0 radical (unpaired) electrons. The van der Waals surface area contributed by atoms with Crippen LogP contribution in [0.2, 0.25) is 0 Å². The number of aryl methyl sites for hydroxylation is 8. The molecule has 5 aromatic carbocycles. The van der Waals surface area contributed by atoms with Crippen molar-refractivity contribution in [3.63, 3.8) is 0 Å². The van der Waals surface area contributed by atoms with Crippen LogP contribution in [-0.2, 0) is 84.6 Å². The Morgan fingerprint density at radius 1 is 0.351 bits per heavy atom. The van der Waals surface area contributed by atoms with Crippen LogP contribution in [-0.4, -0.2) is 33.3 Å². The number of fused-ring (bicyclic) bond motifs is 5. The van der Waals surface area contributed by atoms with E-state index in [1.165, 1.54) is 83.7 Å². The smallest absolute Gasteiger partial charge is 0.329 e. The average Bonchev–Trinajstić information content (AvgIpc) is 1.67. The Hall–Kier alpha value is -10.6. The monoisotopic (exact) mass is 1350 g/mol. The predicted molar refractivity (Wildman–Crippen MR) is 388 cm³/mol. The molecule has 0 aliphatic rings. The summed E-state index contributed by atoms with van der Waals surface area (Å²) in [5.41, 5.74) is 16.5. The zero-order valence-electron chi connectivity index (χ0n) is 56.7. The number of nitrogens with zero attached hydrogens (tertiary/aromatic N) is 16. The summed E-state index contributed by atoms with van der Waals surface area (Å²) in [6, 6.07) is 70.1. The Morgan fingerprint density at radius 2 is 0.753 bits per heavy atom. The first kappa shape index (κ1) is 63.7. The summed E-state index contributed by atoms with van der Waals surface area (Å²) < 4.78 is 33.8. The van der Waals surface area contributed by atoms with Crippen molar-refractivity contribution in [1.82, 2.24) is 33.3 Å². The van der Waals surface area contributed by atoms with E-state index in [-0.39, 0.29) is 0 Å². The van der Waals surface area contributed by atoms with Crippen LogP contribution in [0, 0.1) is 6.92 Å². The summed E-state index contributed by atoms with van der Waals surface area (Å²) in [5, 5.41) is 4.98. The number of benzene rings is 5. The Kier molecular flexibility index (Phi) is 17.4. The summed E-state index contributed by atoms with van der Waals surface area (Å²) in [6.07, 6.45) is 9.87. The quantitative estimate of drug-likeness (QED) is 0.142. The van der Waals surface area contributed by atoms with E-state index in [1.54, 1.807) is 0 Å². The van der Waals surface area contributed by atoms with Gasteiger partial charge in [0.25, 0.3) is 17.1 Å². The maximum Gasteiger partial charge on any atom is 0.342 e. The highest BCUT2D eigenvalue weighted by Crippen LogP contribution is 2.32. The number of para-hydroxylation sites is 6. The number of thiazole rings is 4. The van der Waals surface area contributed by atoms with Gasteiger partial charge in [0.2, 0.25) is 62.7 Å². The molecule has 0 unspecified atom stereocenters. The highest BCUT2D eigenvalue weighted by Gasteiger charge is 2.33. The molecule has 0 spiro atoms. The zero-order valence-corrected chi connectivity index (χ0v) is 60.0. The van der Waals surface area contributed by atoms with Crippen molar-refractivity contribution in [2.75, 3.05) is 0 Å². The Bertz CT molecular complexity index is 5550. The SMILES string of the molecule is C[n+]1c(-c2sc3ccccc3[n+]2C)cccc1-n1ccc[n+]1C.Cc1ncc(-c2cccc(-c3sc4ccccc4[n+]3C)[n+]2C)n1C.Cn1c(-c2cccc(-c3sc4ccccc4[n+]3C)[n+]2C)nc2ccccc21.Cn1ccnc1-c1cccc(-c2sc3ccccc3[n+]2C)[n+]1C. The molecule has 0 fully saturated rings. The molecule has 16 nitrogen and oxygen atoms in total. The van der Waals surface area contributed by atoms with Gasteiger partial charge in [-0.3, -0.25) is 0 Å². The first-order valence-corrected chi connectivity index (χ1v) is 35.2. The normalized spacial score (nSPS) is 11.4. The van der Waals surface area contributed by atoms with Crippen molar-refractivity contribution in [2.45, 2.75) is 6.92 Å². The standard InChI is InChI=1S/C22H20N4S.C19H20N4S.C18H19N4S.C18H18N4S/c1-24-18(21-23-15-9-4-5-10-16(15)25(21)2)12-8-13-19(24)22-26(3)17-11-6-7-14-20(17)27-22;1-13-20-12-17(21(13)2)14-9-7-10-16(22(14)3)19-23(4)15-8-5-6-11-18(15)24-19;1-19-12-7-13-22(19)17-11-6-9-15(20(17)2)18-21(3)14-8-4-5-10-16(14)23-18;1-20-12-11-19-17(20)14-8-6-9-15(21(14)2)18-22(3)13-7-4-5-10-16(13)23-18/h4-14H,1-3H3;5-12H,1-4H3;4-13H,1-3H3;4-12H,1-3H3/q2*+2;+3;+2. The van der Waals surface area contributed by atoms with E-state index < -0.39 is 0 Å². The minimum absolute atomic E-state index is 0.970. The zero-order chi connectivity index (χ0) is 67.3. The van der Waals surface area contributed by atoms with Crippen LogP contribution < -0.4 is 41.2 Å². The summed E-state index contributed by atoms with van der Waals surface area (Å²) in [5.74, 6) is 4.10. The van der Waals surface area contributed by atoms with Gasteiger partial charge in [0.05, 0.1) is 30.3 Å². The first-order chi connectivity index (χ1) is 47.1. The third kappa shape index (κ3) is 11.7. The molecule has 12 heterocycles. The average molecular weight is 1350 g/mol. The molecule has 17 rings (SSSR count). The molecule has 20 heteroatoms. The molecule has 0 aliphatic carbocycles. The van der Waals surface area contributed by atoms with E-state index in [4.69, 9.17) is 4.98 Å². The maximum atomic E-state index is 4.88. The van der Waals surface area contributed by atoms with E-state index >= 15 is 0 Å². The van der Waals surface area contributed by atoms with Gasteiger partial charge < -0.3 is 13.7 Å². The van der Waals surface area contributed by atoms with E-state index in [0.29, 0.717) is 0 Å². The highest BCUT2D eigenvalue weighted by molar-refractivity contribution is 7.22. The topological polar surface area (TPSA) is 93.3 Å². The number of aromatic nitrogens is 16. The fraction of sp³-hybridized carbons (Fsp3) is 0.169. The van der Waals surface area contributed by atoms with Crippen molar-refractivity contribution < 1.29 is 41.2 Å². The fourth-order valence-electron chi connectivity index (χ4n) is 12.8. The van der Waals surface area contributed by atoms with Crippen LogP contribution in [0.3, 0.4) is 0 Å². The van der Waals surface area contributed by atoms with Crippen molar-refractivity contribution in [2.24, 2.45) is 84.6 Å². The molecule has 0 N–H and O–H groups in total. The third-order valence-electron chi connectivity index (χ3n) is 18.4. The molecular weight excluding hydrogens is 1280 g/mol. The number of rotatable bonds is 8. The van der Waals surface area contributed by atoms with Crippen molar-refractivity contribution in [1.29, 1.82) is 0 Å². The van der Waals surface area contributed by atoms with Gasteiger partial charge in [0, 0.05) is 105 Å². The lowest BCUT2D eigenvalue weighted by Crippen LogP contribution is -2.46. The number of pyridine rings is 4. The molecule has 17 aromatic rings. The van der Waals surface area contributed by atoms with Crippen LogP contribution >= 0.6 is 45.3 Å². The second kappa shape index (κ2) is 26.5. The maximum absolute atomic E-state index is 4.88. The molecule has 0 bridgehead atoms. The van der Waals surface area contributed by atoms with Crippen LogP contribution in [0.25, 0.3) is 135 Å². The van der Waals surface area contributed by atoms with Crippen LogP contribution in [0.4, 0.5) is 0 Å². The number of hydrogen-bond acceptors (Lipinski definition) is 7. The summed E-state index contributed by atoms with van der Waals surface area (Å²) in [7, 11) is 25.2. The van der Waals surface area contributed by atoms with Gasteiger partial charge in [0.15, 0.2) is 13.2 Å². The molecule has 0 atom stereocenters. The van der Waals surface area contributed by atoms with E-state index in [1.807, 2.05) is 108 Å². The van der Waals surface area contributed by atoms with Gasteiger partial charge in [-0.1, -0.05) is 106 Å². The largest absolute Gasteiger partial charge is 0.342 e. The molecule has 97 heavy (non-hydrogen) atoms. The van der Waals surface area contributed by atoms with E-state index in [2.05, 4.69) is 330 Å². The molecule has 0 amide bonds. The van der Waals surface area contributed by atoms with Crippen molar-refractivity contribution in [3.05, 3.63) is 237 Å². The molecule has 0 aliphatic heterocycles. The molecule has 12 aromatic heterocycles. The van der Waals surface area contributed by atoms with Gasteiger partial charge in [-0.25, -0.2) is 19.5 Å². The van der Waals surface area contributed by atoms with Crippen molar-refractivity contribution in [3.8, 4) is 83.0 Å². The second-order valence-electron chi connectivity index (χ2n) is 24.1. The molecule has 0 saturated heterocycles. The fourth-order valence-corrected chi connectivity index (χ4v) is 17.6. The molecule has 0 saturated carbocycles. The van der Waals surface area contributed by atoms with Crippen LogP contribution in [0.1, 0.15) is 5.82 Å². The second-order valence-corrected chi connectivity index (χ2v) is 28.3. The molecular formula is C77H77N16S4+9. The summed E-state index contributed by atoms with van der Waals surface area (Å²) in [6.45, 7) is 2.03. The number of imidazole rings is 3. The lowest BCUT2D eigenvalue weighted by Gasteiger charge is -2.04. The van der Waals surface area contributed by atoms with Gasteiger partial charge in [-0.05, 0) is 78.3 Å². The van der Waals surface area contributed by atoms with E-state index in [9.17, 15) is 0 Å². The Balaban J connectivity index is 0.000000111. The highest BCUT2D eigenvalue weighted by atomic mass is 32.1. The van der Waals surface area contributed by atoms with Crippen LogP contribution in [0.5, 0.6) is 0 Å². The lowest BCUT2D eigenvalue weighted by molar-refractivity contribution is -0.764. The van der Waals surface area contributed by atoms with Gasteiger partial charge >= 0.3 is 25.8 Å². The first-order valence-electron chi connectivity index (χ1n) is 32.0.